The monoisotopic (exact) mass is 573 g/mol. The molecule has 0 radical (unpaired) electrons. The molecule has 10 heteroatoms. The van der Waals surface area contributed by atoms with Gasteiger partial charge in [-0.05, 0) is 57.5 Å². The molecule has 9 nitrogen and oxygen atoms in total. The van der Waals surface area contributed by atoms with Crippen molar-refractivity contribution in [2.24, 2.45) is 0 Å². The number of nitrogens with zero attached hydrogens (tertiary/aromatic N) is 7. The maximum atomic E-state index is 12.5. The van der Waals surface area contributed by atoms with Crippen LogP contribution in [-0.2, 0) is 17.8 Å². The number of nitriles is 2. The van der Waals surface area contributed by atoms with E-state index in [2.05, 4.69) is 53.5 Å². The number of ether oxygens (including phenoxy) is 1. The number of piperazine rings is 1. The summed E-state index contributed by atoms with van der Waals surface area (Å²) in [6.45, 7) is 9.85. The molecule has 0 unspecified atom stereocenters. The predicted octanol–water partition coefficient (Wildman–Crippen LogP) is 4.07. The van der Waals surface area contributed by atoms with Gasteiger partial charge in [0.15, 0.2) is 0 Å². The zero-order valence-corrected chi connectivity index (χ0v) is 24.5. The first kappa shape index (κ1) is 28.7. The number of likely N-dealkylation sites (N-methyl/N-ethyl adjacent to an activating group) is 1. The molecule has 3 aliphatic rings. The van der Waals surface area contributed by atoms with E-state index in [0.717, 1.165) is 54.1 Å². The van der Waals surface area contributed by atoms with E-state index in [4.69, 9.17) is 21.3 Å². The van der Waals surface area contributed by atoms with Crippen LogP contribution in [0.1, 0.15) is 41.6 Å². The summed E-state index contributed by atoms with van der Waals surface area (Å²) in [5.74, 6) is 0.165. The molecule has 0 saturated carbocycles. The second-order valence-corrected chi connectivity index (χ2v) is 11.4. The van der Waals surface area contributed by atoms with E-state index in [1.165, 1.54) is 6.08 Å². The topological polar surface area (TPSA) is 99.7 Å². The number of aryl methyl sites for hydroxylation is 1. The van der Waals surface area contributed by atoms with Crippen molar-refractivity contribution in [3.05, 3.63) is 58.3 Å². The number of likely N-dealkylation sites (tertiary alicyclic amines) is 1. The Hall–Kier alpha value is -3.79. The van der Waals surface area contributed by atoms with Gasteiger partial charge < -0.3 is 24.3 Å². The van der Waals surface area contributed by atoms with E-state index >= 15 is 0 Å². The lowest BCUT2D eigenvalue weighted by Crippen LogP contribution is -2.55. The van der Waals surface area contributed by atoms with E-state index in [-0.39, 0.29) is 24.4 Å². The molecule has 2 fully saturated rings. The molecule has 5 rings (SSSR count). The van der Waals surface area contributed by atoms with Gasteiger partial charge in [0, 0.05) is 37.8 Å². The van der Waals surface area contributed by atoms with Crippen molar-refractivity contribution in [2.45, 2.75) is 51.2 Å². The van der Waals surface area contributed by atoms with Crippen LogP contribution >= 0.6 is 11.6 Å². The normalized spacial score (nSPS) is 20.8. The molecule has 41 heavy (non-hydrogen) atoms. The van der Waals surface area contributed by atoms with Crippen LogP contribution in [0.3, 0.4) is 0 Å². The maximum Gasteiger partial charge on any atom is 0.246 e. The largest absolute Gasteiger partial charge is 0.475 e. The SMILES string of the molecule is C=CC(=O)N1CCN(c2c(C#N)c(OC[C@@H]3CCCN3C)nc3c2CCN(c2c(C)cccc2Cl)C3)C[C@@H]1CC#N. The lowest BCUT2D eigenvalue weighted by atomic mass is 9.96. The number of hydrogen-bond acceptors (Lipinski definition) is 8. The molecule has 1 amide bonds. The van der Waals surface area contributed by atoms with Crippen molar-refractivity contribution in [3.63, 3.8) is 0 Å². The molecule has 1 aromatic heterocycles. The quantitative estimate of drug-likeness (QED) is 0.457. The minimum atomic E-state index is -0.308. The van der Waals surface area contributed by atoms with Crippen molar-refractivity contribution >= 4 is 28.9 Å². The van der Waals surface area contributed by atoms with Gasteiger partial charge in [0.2, 0.25) is 11.8 Å². The second kappa shape index (κ2) is 12.4. The van der Waals surface area contributed by atoms with Crippen LogP contribution in [0.5, 0.6) is 5.88 Å². The standard InChI is InChI=1S/C31H36ClN7O2/c1-4-28(40)39-16-15-38(18-22(39)10-12-33)30-24-11-14-37(29-21(2)7-5-9-26(29)32)19-27(24)35-31(25(30)17-34)41-20-23-8-6-13-36(23)3/h4-5,7,9,22-23H,1,6,8,10-11,13-16,18-20H2,2-3H3/t22-,23-/m0/s1. The Labute approximate surface area is 247 Å². The van der Waals surface area contributed by atoms with Crippen molar-refractivity contribution < 1.29 is 9.53 Å². The lowest BCUT2D eigenvalue weighted by molar-refractivity contribution is -0.128. The number of amides is 1. The Bertz CT molecular complexity index is 1390. The summed E-state index contributed by atoms with van der Waals surface area (Å²) in [5.41, 5.74) is 5.21. The number of fused-ring (bicyclic) bond motifs is 1. The highest BCUT2D eigenvalue weighted by molar-refractivity contribution is 6.33. The van der Waals surface area contributed by atoms with Crippen molar-refractivity contribution in [3.8, 4) is 18.0 Å². The first-order chi connectivity index (χ1) is 19.9. The average Bonchev–Trinajstić information content (AvgIpc) is 3.39. The summed E-state index contributed by atoms with van der Waals surface area (Å²) in [6, 6.07) is 10.5. The van der Waals surface area contributed by atoms with Crippen LogP contribution in [0.15, 0.2) is 30.9 Å². The molecule has 3 aliphatic heterocycles. The second-order valence-electron chi connectivity index (χ2n) is 11.0. The van der Waals surface area contributed by atoms with Crippen molar-refractivity contribution in [1.29, 1.82) is 10.5 Å². The highest BCUT2D eigenvalue weighted by Crippen LogP contribution is 2.40. The Kier molecular flexibility index (Phi) is 8.68. The summed E-state index contributed by atoms with van der Waals surface area (Å²) < 4.78 is 6.34. The van der Waals surface area contributed by atoms with Gasteiger partial charge in [-0.2, -0.15) is 10.5 Å². The van der Waals surface area contributed by atoms with Crippen LogP contribution in [0.2, 0.25) is 5.02 Å². The first-order valence-electron chi connectivity index (χ1n) is 14.2. The average molecular weight is 574 g/mol. The van der Waals surface area contributed by atoms with Crippen LogP contribution in [0, 0.1) is 29.6 Å². The molecule has 2 aromatic rings. The summed E-state index contributed by atoms with van der Waals surface area (Å²) in [7, 11) is 2.10. The van der Waals surface area contributed by atoms with Crippen LogP contribution in [0.4, 0.5) is 11.4 Å². The minimum Gasteiger partial charge on any atom is -0.475 e. The third kappa shape index (κ3) is 5.70. The van der Waals surface area contributed by atoms with E-state index in [0.29, 0.717) is 55.7 Å². The molecule has 0 spiro atoms. The van der Waals surface area contributed by atoms with Crippen molar-refractivity contribution in [2.75, 3.05) is 56.2 Å². The lowest BCUT2D eigenvalue weighted by Gasteiger charge is -2.43. The predicted molar refractivity (Wildman–Crippen MR) is 159 cm³/mol. The van der Waals surface area contributed by atoms with E-state index in [1.54, 1.807) is 4.90 Å². The number of carbonyl (C=O) groups is 1. The highest BCUT2D eigenvalue weighted by atomic mass is 35.5. The molecule has 0 bridgehead atoms. The Morgan fingerprint density at radius 3 is 2.71 bits per heavy atom. The number of carbonyl (C=O) groups excluding carboxylic acids is 1. The molecule has 4 heterocycles. The van der Waals surface area contributed by atoms with Gasteiger partial charge in [-0.3, -0.25) is 4.79 Å². The summed E-state index contributed by atoms with van der Waals surface area (Å²) >= 11 is 6.65. The molecule has 0 aliphatic carbocycles. The molecule has 2 saturated heterocycles. The number of para-hydroxylation sites is 1. The van der Waals surface area contributed by atoms with Gasteiger partial charge in [-0.1, -0.05) is 30.3 Å². The Morgan fingerprint density at radius 1 is 1.20 bits per heavy atom. The molecule has 2 atom stereocenters. The van der Waals surface area contributed by atoms with Crippen molar-refractivity contribution in [1.82, 2.24) is 14.8 Å². The number of pyridine rings is 1. The highest BCUT2D eigenvalue weighted by Gasteiger charge is 2.35. The van der Waals surface area contributed by atoms with Gasteiger partial charge in [0.25, 0.3) is 0 Å². The third-order valence-electron chi connectivity index (χ3n) is 8.58. The number of aromatic nitrogens is 1. The van der Waals surface area contributed by atoms with E-state index < -0.39 is 0 Å². The molecular weight excluding hydrogens is 538 g/mol. The van der Waals surface area contributed by atoms with Gasteiger partial charge in [0.05, 0.1) is 47.2 Å². The van der Waals surface area contributed by atoms with Crippen LogP contribution in [0.25, 0.3) is 0 Å². The molecule has 0 N–H and O–H groups in total. The summed E-state index contributed by atoms with van der Waals surface area (Å²) in [4.78, 5) is 25.9. The zero-order valence-electron chi connectivity index (χ0n) is 23.8. The number of anilines is 2. The van der Waals surface area contributed by atoms with Crippen LogP contribution in [-0.4, -0.2) is 79.2 Å². The molecular formula is C31H36ClN7O2. The summed E-state index contributed by atoms with van der Waals surface area (Å²) in [6.07, 6.45) is 4.34. The number of benzene rings is 1. The van der Waals surface area contributed by atoms with Gasteiger partial charge in [0.1, 0.15) is 18.2 Å². The first-order valence-corrected chi connectivity index (χ1v) is 14.6. The van der Waals surface area contributed by atoms with E-state index in [1.807, 2.05) is 12.1 Å². The number of halogens is 1. The van der Waals surface area contributed by atoms with Crippen LogP contribution < -0.4 is 14.5 Å². The fourth-order valence-electron chi connectivity index (χ4n) is 6.41. The van der Waals surface area contributed by atoms with Gasteiger partial charge in [-0.25, -0.2) is 4.98 Å². The van der Waals surface area contributed by atoms with E-state index in [9.17, 15) is 15.3 Å². The Morgan fingerprint density at radius 2 is 2.02 bits per heavy atom. The Balaban J connectivity index is 1.55. The minimum absolute atomic E-state index is 0.183. The van der Waals surface area contributed by atoms with Gasteiger partial charge >= 0.3 is 0 Å². The molecule has 1 aromatic carbocycles. The molecule has 214 valence electrons. The van der Waals surface area contributed by atoms with Gasteiger partial charge in [-0.15, -0.1) is 0 Å². The summed E-state index contributed by atoms with van der Waals surface area (Å²) in [5, 5.41) is 20.7. The fourth-order valence-corrected chi connectivity index (χ4v) is 6.76. The fraction of sp³-hybridized carbons (Fsp3) is 0.484. The number of hydrogen-bond donors (Lipinski definition) is 0. The zero-order chi connectivity index (χ0) is 29.1. The maximum absolute atomic E-state index is 12.5. The third-order valence-corrected chi connectivity index (χ3v) is 8.88. The number of rotatable bonds is 7. The smallest absolute Gasteiger partial charge is 0.246 e.